The highest BCUT2D eigenvalue weighted by atomic mass is 16.6. The maximum atomic E-state index is 12.6. The molecule has 0 aliphatic carbocycles. The quantitative estimate of drug-likeness (QED) is 0.539. The molecule has 0 saturated carbocycles. The number of hydrogen-bond donors (Lipinski definition) is 2. The first-order chi connectivity index (χ1) is 12.9. The molecule has 0 spiro atoms. The van der Waals surface area contributed by atoms with Gasteiger partial charge in [0, 0.05) is 26.6 Å². The predicted octanol–water partition coefficient (Wildman–Crippen LogP) is 0.207. The van der Waals surface area contributed by atoms with E-state index in [-0.39, 0.29) is 36.1 Å². The molecule has 2 N–H and O–H groups in total. The third-order valence-corrected chi connectivity index (χ3v) is 5.27. The Hall–Kier alpha value is -2.49. The minimum atomic E-state index is -0.563. The number of aryl methyl sites for hydroxylation is 1. The van der Waals surface area contributed by atoms with Crippen molar-refractivity contribution in [3.8, 4) is 0 Å². The molecule has 1 aromatic heterocycles. The molecule has 2 aliphatic heterocycles. The third-order valence-electron chi connectivity index (χ3n) is 5.27. The Morgan fingerprint density at radius 3 is 2.89 bits per heavy atom. The number of nitrogens with one attached hydrogen (secondary N) is 2. The first-order valence-electron chi connectivity index (χ1n) is 9.41. The summed E-state index contributed by atoms with van der Waals surface area (Å²) in [5, 5.41) is 17.0. The smallest absolute Gasteiger partial charge is 0.358 e. The average Bonchev–Trinajstić information content (AvgIpc) is 3.30. The summed E-state index contributed by atoms with van der Waals surface area (Å²) >= 11 is 0. The van der Waals surface area contributed by atoms with E-state index in [4.69, 9.17) is 0 Å². The van der Waals surface area contributed by atoms with E-state index in [0.717, 1.165) is 32.2 Å². The van der Waals surface area contributed by atoms with Gasteiger partial charge in [0.2, 0.25) is 17.6 Å². The topological polar surface area (TPSA) is 122 Å². The predicted molar refractivity (Wildman–Crippen MR) is 97.0 cm³/mol. The molecule has 2 saturated heterocycles. The lowest BCUT2D eigenvalue weighted by molar-refractivity contribution is -0.389. The molecule has 2 atom stereocenters. The van der Waals surface area contributed by atoms with Crippen LogP contribution in [0.5, 0.6) is 0 Å². The molecule has 0 bridgehead atoms. The summed E-state index contributed by atoms with van der Waals surface area (Å²) in [7, 11) is 0. The van der Waals surface area contributed by atoms with Crippen LogP contribution in [-0.2, 0) is 16.1 Å². The molecule has 2 unspecified atom stereocenters. The summed E-state index contributed by atoms with van der Waals surface area (Å²) in [5.41, 5.74) is 0. The van der Waals surface area contributed by atoms with Crippen LogP contribution < -0.4 is 10.6 Å². The van der Waals surface area contributed by atoms with Crippen molar-refractivity contribution in [1.29, 1.82) is 0 Å². The summed E-state index contributed by atoms with van der Waals surface area (Å²) < 4.78 is 1.51. The van der Waals surface area contributed by atoms with Crippen molar-refractivity contribution in [3.63, 3.8) is 0 Å². The van der Waals surface area contributed by atoms with Crippen LogP contribution in [0.15, 0.2) is 6.20 Å². The zero-order valence-corrected chi connectivity index (χ0v) is 15.5. The fraction of sp³-hybridized carbons (Fsp3) is 0.706. The van der Waals surface area contributed by atoms with Crippen LogP contribution in [0.4, 0.5) is 5.82 Å². The van der Waals surface area contributed by atoms with Crippen molar-refractivity contribution in [2.75, 3.05) is 26.2 Å². The van der Waals surface area contributed by atoms with Gasteiger partial charge < -0.3 is 25.6 Å². The third kappa shape index (κ3) is 4.82. The average molecular weight is 378 g/mol. The van der Waals surface area contributed by atoms with Gasteiger partial charge >= 0.3 is 5.82 Å². The van der Waals surface area contributed by atoms with Crippen LogP contribution in [0.1, 0.15) is 31.5 Å². The fourth-order valence-electron chi connectivity index (χ4n) is 3.72. The Labute approximate surface area is 157 Å². The molecule has 0 aromatic carbocycles. The number of amides is 2. The Morgan fingerprint density at radius 2 is 2.22 bits per heavy atom. The van der Waals surface area contributed by atoms with Crippen molar-refractivity contribution in [2.24, 2.45) is 5.92 Å². The summed E-state index contributed by atoms with van der Waals surface area (Å²) in [6.07, 6.45) is 5.05. The Morgan fingerprint density at radius 1 is 1.41 bits per heavy atom. The van der Waals surface area contributed by atoms with Gasteiger partial charge in [0.25, 0.3) is 0 Å². The molecule has 148 valence electrons. The van der Waals surface area contributed by atoms with Crippen LogP contribution in [0.2, 0.25) is 0 Å². The van der Waals surface area contributed by atoms with Crippen LogP contribution in [0, 0.1) is 23.0 Å². The number of nitrogens with zero attached hydrogens (tertiary/aromatic N) is 4. The summed E-state index contributed by atoms with van der Waals surface area (Å²) in [6, 6.07) is -0.0914. The van der Waals surface area contributed by atoms with Crippen LogP contribution in [0.25, 0.3) is 0 Å². The molecular weight excluding hydrogens is 352 g/mol. The fourth-order valence-corrected chi connectivity index (χ4v) is 3.72. The zero-order chi connectivity index (χ0) is 19.4. The van der Waals surface area contributed by atoms with Gasteiger partial charge in [-0.25, -0.2) is 0 Å². The highest BCUT2D eigenvalue weighted by molar-refractivity contribution is 5.82. The van der Waals surface area contributed by atoms with Crippen LogP contribution in [0.3, 0.4) is 0 Å². The SMILES string of the molecule is Cc1nc([N+](=O)[O-])cn1CC(=O)N1CCCC(CNC(=O)C2CCCN2)C1. The van der Waals surface area contributed by atoms with E-state index < -0.39 is 4.92 Å². The number of piperidine rings is 1. The molecule has 3 rings (SSSR count). The maximum Gasteiger partial charge on any atom is 0.381 e. The van der Waals surface area contributed by atoms with Crippen molar-refractivity contribution in [3.05, 3.63) is 22.1 Å². The number of imidazole rings is 1. The Kier molecular flexibility index (Phi) is 6.04. The molecule has 2 amide bonds. The van der Waals surface area contributed by atoms with Crippen LogP contribution in [-0.4, -0.2) is 63.4 Å². The first kappa shape index (κ1) is 19.3. The van der Waals surface area contributed by atoms with Gasteiger partial charge in [-0.05, 0) is 48.1 Å². The molecule has 3 heterocycles. The largest absolute Gasteiger partial charge is 0.381 e. The Bertz CT molecular complexity index is 712. The Balaban J connectivity index is 1.50. The number of hydrogen-bond acceptors (Lipinski definition) is 6. The molecule has 1 aromatic rings. The van der Waals surface area contributed by atoms with Gasteiger partial charge in [-0.15, -0.1) is 0 Å². The monoisotopic (exact) mass is 378 g/mol. The van der Waals surface area contributed by atoms with Crippen molar-refractivity contribution in [1.82, 2.24) is 25.1 Å². The molecular formula is C17H26N6O4. The second kappa shape index (κ2) is 8.47. The van der Waals surface area contributed by atoms with E-state index >= 15 is 0 Å². The maximum absolute atomic E-state index is 12.6. The summed E-state index contributed by atoms with van der Waals surface area (Å²) in [4.78, 5) is 40.6. The first-order valence-corrected chi connectivity index (χ1v) is 9.41. The lowest BCUT2D eigenvalue weighted by Gasteiger charge is -2.33. The molecule has 27 heavy (non-hydrogen) atoms. The van der Waals surface area contributed by atoms with Crippen molar-refractivity contribution in [2.45, 2.75) is 45.2 Å². The lowest BCUT2D eigenvalue weighted by atomic mass is 9.97. The summed E-state index contributed by atoms with van der Waals surface area (Å²) in [6.45, 7) is 4.39. The van der Waals surface area contributed by atoms with Crippen LogP contribution >= 0.6 is 0 Å². The number of likely N-dealkylation sites (tertiary alicyclic amines) is 1. The van der Waals surface area contributed by atoms with Crippen molar-refractivity contribution < 1.29 is 14.5 Å². The standard InChI is InChI=1S/C17H26N6O4/c1-12-20-15(23(26)27)10-22(12)11-16(24)21-7-3-4-13(9-21)8-19-17(25)14-5-2-6-18-14/h10,13-14,18H,2-9,11H2,1H3,(H,19,25). The molecule has 2 aliphatic rings. The molecule has 10 nitrogen and oxygen atoms in total. The highest BCUT2D eigenvalue weighted by Crippen LogP contribution is 2.17. The molecule has 10 heteroatoms. The molecule has 0 radical (unpaired) electrons. The number of carbonyl (C=O) groups is 2. The van der Waals surface area contributed by atoms with Gasteiger partial charge in [0.05, 0.1) is 6.04 Å². The number of nitro groups is 1. The molecule has 2 fully saturated rings. The number of carbonyl (C=O) groups excluding carboxylic acids is 2. The second-order valence-electron chi connectivity index (χ2n) is 7.27. The van der Waals surface area contributed by atoms with Gasteiger partial charge in [-0.3, -0.25) is 14.2 Å². The van der Waals surface area contributed by atoms with E-state index in [1.165, 1.54) is 10.8 Å². The highest BCUT2D eigenvalue weighted by Gasteiger charge is 2.27. The minimum Gasteiger partial charge on any atom is -0.358 e. The normalized spacial score (nSPS) is 22.6. The summed E-state index contributed by atoms with van der Waals surface area (Å²) in [5.74, 6) is 0.377. The van der Waals surface area contributed by atoms with Crippen molar-refractivity contribution >= 4 is 17.6 Å². The number of aromatic nitrogens is 2. The van der Waals surface area contributed by atoms with E-state index in [2.05, 4.69) is 15.6 Å². The van der Waals surface area contributed by atoms with Gasteiger partial charge in [-0.1, -0.05) is 0 Å². The van der Waals surface area contributed by atoms with E-state index in [9.17, 15) is 19.7 Å². The van der Waals surface area contributed by atoms with E-state index in [1.54, 1.807) is 11.8 Å². The number of rotatable bonds is 6. The second-order valence-corrected chi connectivity index (χ2v) is 7.27. The van der Waals surface area contributed by atoms with E-state index in [0.29, 0.717) is 25.5 Å². The lowest BCUT2D eigenvalue weighted by Crippen LogP contribution is -2.47. The van der Waals surface area contributed by atoms with E-state index in [1.807, 2.05) is 0 Å². The van der Waals surface area contributed by atoms with Gasteiger partial charge in [0.15, 0.2) is 0 Å². The zero-order valence-electron chi connectivity index (χ0n) is 15.5. The van der Waals surface area contributed by atoms with Gasteiger partial charge in [0.1, 0.15) is 12.7 Å². The van der Waals surface area contributed by atoms with Gasteiger partial charge in [-0.2, -0.15) is 0 Å². The minimum absolute atomic E-state index is 0.0392.